The molecule has 2 fully saturated rings. The average molecular weight is 208 g/mol. The van der Waals surface area contributed by atoms with Crippen molar-refractivity contribution >= 4 is 5.91 Å². The molecule has 4 heteroatoms. The van der Waals surface area contributed by atoms with E-state index in [1.54, 1.807) is 7.11 Å². The second-order valence-electron chi connectivity index (χ2n) is 4.49. The summed E-state index contributed by atoms with van der Waals surface area (Å²) in [6, 6.07) is 2.17. The van der Waals surface area contributed by atoms with Gasteiger partial charge in [-0.15, -0.1) is 0 Å². The third kappa shape index (κ3) is 1.98. The highest BCUT2D eigenvalue weighted by Gasteiger charge is 2.46. The normalized spacial score (nSPS) is 32.0. The van der Waals surface area contributed by atoms with Crippen LogP contribution in [0.15, 0.2) is 0 Å². The van der Waals surface area contributed by atoms with Gasteiger partial charge in [-0.05, 0) is 32.1 Å². The quantitative estimate of drug-likeness (QED) is 0.751. The summed E-state index contributed by atoms with van der Waals surface area (Å²) < 4.78 is 5.27. The average Bonchev–Trinajstić information content (AvgIpc) is 2.85. The molecule has 2 saturated carbocycles. The van der Waals surface area contributed by atoms with E-state index in [2.05, 4.69) is 11.4 Å². The second kappa shape index (κ2) is 3.82. The highest BCUT2D eigenvalue weighted by atomic mass is 16.5. The number of hydrogen-bond donors (Lipinski definition) is 1. The summed E-state index contributed by atoms with van der Waals surface area (Å²) in [5, 5.41) is 11.7. The maximum atomic E-state index is 11.9. The summed E-state index contributed by atoms with van der Waals surface area (Å²) in [6.45, 7) is 0. The molecule has 2 rings (SSSR count). The van der Waals surface area contributed by atoms with Crippen LogP contribution in [0, 0.1) is 17.2 Å². The van der Waals surface area contributed by atoms with Gasteiger partial charge in [-0.25, -0.2) is 0 Å². The van der Waals surface area contributed by atoms with Gasteiger partial charge in [0.05, 0.1) is 18.1 Å². The Morgan fingerprint density at radius 1 is 1.53 bits per heavy atom. The van der Waals surface area contributed by atoms with Crippen molar-refractivity contribution in [1.82, 2.24) is 5.32 Å². The third-order valence-corrected chi connectivity index (χ3v) is 3.42. The number of hydrogen-bond acceptors (Lipinski definition) is 3. The fourth-order valence-electron chi connectivity index (χ4n) is 2.23. The van der Waals surface area contributed by atoms with Gasteiger partial charge in [-0.3, -0.25) is 4.79 Å². The van der Waals surface area contributed by atoms with E-state index in [1.807, 2.05) is 0 Å². The molecule has 0 bridgehead atoms. The van der Waals surface area contributed by atoms with E-state index >= 15 is 0 Å². The van der Waals surface area contributed by atoms with Crippen molar-refractivity contribution in [3.63, 3.8) is 0 Å². The number of nitriles is 1. The van der Waals surface area contributed by atoms with Gasteiger partial charge in [0.15, 0.2) is 0 Å². The van der Waals surface area contributed by atoms with Gasteiger partial charge >= 0.3 is 0 Å². The van der Waals surface area contributed by atoms with Crippen LogP contribution in [0.5, 0.6) is 0 Å². The summed E-state index contributed by atoms with van der Waals surface area (Å²) in [5.41, 5.74) is -0.544. The first-order chi connectivity index (χ1) is 7.21. The van der Waals surface area contributed by atoms with E-state index in [-0.39, 0.29) is 17.9 Å². The Kier molecular flexibility index (Phi) is 2.66. The van der Waals surface area contributed by atoms with Crippen LogP contribution in [-0.2, 0) is 9.53 Å². The minimum absolute atomic E-state index is 0.00148. The number of ether oxygens (including phenoxy) is 1. The lowest BCUT2D eigenvalue weighted by Gasteiger charge is -2.19. The van der Waals surface area contributed by atoms with Crippen molar-refractivity contribution in [2.75, 3.05) is 7.11 Å². The minimum atomic E-state index is -0.544. The molecule has 2 aliphatic rings. The summed E-state index contributed by atoms with van der Waals surface area (Å²) in [5.74, 6) is -0.0563. The number of nitrogens with zero attached hydrogens (tertiary/aromatic N) is 1. The van der Waals surface area contributed by atoms with E-state index in [0.29, 0.717) is 0 Å². The number of amides is 1. The van der Waals surface area contributed by atoms with Crippen LogP contribution in [0.2, 0.25) is 0 Å². The van der Waals surface area contributed by atoms with E-state index in [1.165, 1.54) is 0 Å². The molecule has 2 unspecified atom stereocenters. The molecule has 0 aliphatic heterocycles. The lowest BCUT2D eigenvalue weighted by atomic mass is 10.0. The predicted octanol–water partition coefficient (Wildman–Crippen LogP) is 0.974. The molecule has 1 amide bonds. The second-order valence-corrected chi connectivity index (χ2v) is 4.49. The molecule has 15 heavy (non-hydrogen) atoms. The van der Waals surface area contributed by atoms with Crippen molar-refractivity contribution in [2.45, 2.75) is 43.7 Å². The van der Waals surface area contributed by atoms with Crippen molar-refractivity contribution in [3.8, 4) is 6.07 Å². The van der Waals surface area contributed by atoms with Crippen LogP contribution < -0.4 is 5.32 Å². The Morgan fingerprint density at radius 2 is 2.27 bits per heavy atom. The first kappa shape index (κ1) is 10.4. The maximum Gasteiger partial charge on any atom is 0.226 e. The minimum Gasteiger partial charge on any atom is -0.381 e. The van der Waals surface area contributed by atoms with E-state index in [9.17, 15) is 4.79 Å². The Bertz CT molecular complexity index is 304. The van der Waals surface area contributed by atoms with Crippen molar-refractivity contribution in [2.24, 2.45) is 5.92 Å². The highest BCUT2D eigenvalue weighted by molar-refractivity contribution is 5.81. The molecule has 2 atom stereocenters. The molecular formula is C11H16N2O2. The fraction of sp³-hybridized carbons (Fsp3) is 0.818. The molecule has 4 nitrogen and oxygen atoms in total. The van der Waals surface area contributed by atoms with Gasteiger partial charge in [0.2, 0.25) is 5.91 Å². The third-order valence-electron chi connectivity index (χ3n) is 3.42. The maximum absolute atomic E-state index is 11.9. The molecule has 1 N–H and O–H groups in total. The number of carbonyl (C=O) groups is 1. The van der Waals surface area contributed by atoms with Gasteiger partial charge in [0.25, 0.3) is 0 Å². The fourth-order valence-corrected chi connectivity index (χ4v) is 2.23. The Hall–Kier alpha value is -1.08. The largest absolute Gasteiger partial charge is 0.381 e. The van der Waals surface area contributed by atoms with Gasteiger partial charge in [0, 0.05) is 7.11 Å². The monoisotopic (exact) mass is 208 g/mol. The van der Waals surface area contributed by atoms with Gasteiger partial charge in [-0.2, -0.15) is 5.26 Å². The van der Waals surface area contributed by atoms with Crippen molar-refractivity contribution in [1.29, 1.82) is 5.26 Å². The Labute approximate surface area is 89.6 Å². The van der Waals surface area contributed by atoms with E-state index in [0.717, 1.165) is 32.1 Å². The first-order valence-corrected chi connectivity index (χ1v) is 5.47. The van der Waals surface area contributed by atoms with Crippen LogP contribution in [0.25, 0.3) is 0 Å². The number of rotatable bonds is 3. The molecule has 0 saturated heterocycles. The smallest absolute Gasteiger partial charge is 0.226 e. The summed E-state index contributed by atoms with van der Waals surface area (Å²) >= 11 is 0. The van der Waals surface area contributed by atoms with Gasteiger partial charge < -0.3 is 10.1 Å². The van der Waals surface area contributed by atoms with Crippen LogP contribution in [-0.4, -0.2) is 24.7 Å². The molecule has 0 spiro atoms. The zero-order chi connectivity index (χ0) is 10.9. The van der Waals surface area contributed by atoms with Crippen LogP contribution in [0.1, 0.15) is 32.1 Å². The number of nitrogens with one attached hydrogen (secondary N) is 1. The number of carbonyl (C=O) groups excluding carboxylic acids is 1. The van der Waals surface area contributed by atoms with Crippen molar-refractivity contribution in [3.05, 3.63) is 0 Å². The van der Waals surface area contributed by atoms with Gasteiger partial charge in [-0.1, -0.05) is 0 Å². The van der Waals surface area contributed by atoms with Crippen molar-refractivity contribution < 1.29 is 9.53 Å². The molecule has 82 valence electrons. The summed E-state index contributed by atoms with van der Waals surface area (Å²) in [7, 11) is 1.65. The molecule has 0 heterocycles. The topological polar surface area (TPSA) is 62.1 Å². The summed E-state index contributed by atoms with van der Waals surface area (Å²) in [6.07, 6.45) is 4.49. The molecule has 0 aromatic rings. The Balaban J connectivity index is 1.93. The van der Waals surface area contributed by atoms with E-state index in [4.69, 9.17) is 10.00 Å². The molecule has 0 aromatic heterocycles. The lowest BCUT2D eigenvalue weighted by molar-refractivity contribution is -0.128. The predicted molar refractivity (Wildman–Crippen MR) is 53.9 cm³/mol. The zero-order valence-electron chi connectivity index (χ0n) is 8.95. The van der Waals surface area contributed by atoms with Gasteiger partial charge in [0.1, 0.15) is 5.54 Å². The molecule has 0 radical (unpaired) electrons. The molecular weight excluding hydrogens is 192 g/mol. The lowest BCUT2D eigenvalue weighted by Crippen LogP contribution is -2.42. The SMILES string of the molecule is COC1CCCC1C(=O)NC1(C#N)CC1. The highest BCUT2D eigenvalue weighted by Crippen LogP contribution is 2.36. The van der Waals surface area contributed by atoms with Crippen LogP contribution in [0.4, 0.5) is 0 Å². The Morgan fingerprint density at radius 3 is 2.80 bits per heavy atom. The molecule has 2 aliphatic carbocycles. The van der Waals surface area contributed by atoms with Crippen LogP contribution >= 0.6 is 0 Å². The number of methoxy groups -OCH3 is 1. The standard InChI is InChI=1S/C11H16N2O2/c1-15-9-4-2-3-8(9)10(14)13-11(7-12)5-6-11/h8-9H,2-6H2,1H3,(H,13,14). The zero-order valence-corrected chi connectivity index (χ0v) is 8.95. The first-order valence-electron chi connectivity index (χ1n) is 5.47. The van der Waals surface area contributed by atoms with E-state index < -0.39 is 5.54 Å². The molecule has 0 aromatic carbocycles. The summed E-state index contributed by atoms with van der Waals surface area (Å²) in [4.78, 5) is 11.9. The van der Waals surface area contributed by atoms with Crippen LogP contribution in [0.3, 0.4) is 0 Å².